The molecular formula is C34H51N3O6. The largest absolute Gasteiger partial charge is 0.460 e. The van der Waals surface area contributed by atoms with Gasteiger partial charge in [-0.05, 0) is 44.0 Å². The summed E-state index contributed by atoms with van der Waals surface area (Å²) >= 11 is 0. The molecule has 1 aliphatic rings. The van der Waals surface area contributed by atoms with Crippen molar-refractivity contribution in [1.82, 2.24) is 15.0 Å². The number of hydrogen-bond donors (Lipinski definition) is 2. The normalized spacial score (nSPS) is 15.3. The number of imide groups is 1. The number of H-pyrrole nitrogens is 2. The molecule has 43 heavy (non-hydrogen) atoms. The van der Waals surface area contributed by atoms with Crippen LogP contribution >= 0.6 is 0 Å². The number of hydroxylamine groups is 2. The summed E-state index contributed by atoms with van der Waals surface area (Å²) in [5.74, 6) is -1.97. The molecule has 9 nitrogen and oxygen atoms in total. The number of nitrogens with zero attached hydrogens (tertiary/aromatic N) is 1. The van der Waals surface area contributed by atoms with E-state index in [0.717, 1.165) is 33.9 Å². The molecule has 2 aromatic heterocycles. The minimum Gasteiger partial charge on any atom is -0.460 e. The fraction of sp³-hybridized carbons (Fsp3) is 0.647. The standard InChI is InChI=1S/C34H51N3O6/c1-30(2,3)22-16-21(18-26(40)42-32(7,8)9)29(35-22)34(12,13)33(10,11)23-17-20(28(36-23)31(4,5)6)19-27(41)43-37-24(38)14-15-25(37)39/h16-17,35-36H,14-15,18-19H2,1-13H3. The Morgan fingerprint density at radius 3 is 1.63 bits per heavy atom. The van der Waals surface area contributed by atoms with E-state index in [1.54, 1.807) is 0 Å². The maximum atomic E-state index is 13.0. The van der Waals surface area contributed by atoms with Crippen molar-refractivity contribution in [3.8, 4) is 0 Å². The van der Waals surface area contributed by atoms with Gasteiger partial charge in [0.15, 0.2) is 0 Å². The Balaban J connectivity index is 2.04. The lowest BCUT2D eigenvalue weighted by Crippen LogP contribution is -2.42. The van der Waals surface area contributed by atoms with Crippen molar-refractivity contribution < 1.29 is 28.8 Å². The first-order chi connectivity index (χ1) is 19.3. The van der Waals surface area contributed by atoms with Crippen LogP contribution in [0.1, 0.15) is 137 Å². The Morgan fingerprint density at radius 2 is 1.14 bits per heavy atom. The highest BCUT2D eigenvalue weighted by Gasteiger charge is 2.45. The second kappa shape index (κ2) is 11.3. The summed E-state index contributed by atoms with van der Waals surface area (Å²) in [6.07, 6.45) is 0.129. The van der Waals surface area contributed by atoms with Gasteiger partial charge in [-0.2, -0.15) is 0 Å². The van der Waals surface area contributed by atoms with Crippen LogP contribution < -0.4 is 0 Å². The number of aromatic amines is 2. The van der Waals surface area contributed by atoms with Gasteiger partial charge < -0.3 is 19.5 Å². The topological polar surface area (TPSA) is 122 Å². The maximum absolute atomic E-state index is 13.0. The van der Waals surface area contributed by atoms with Gasteiger partial charge in [0.2, 0.25) is 0 Å². The van der Waals surface area contributed by atoms with Crippen molar-refractivity contribution in [2.75, 3.05) is 0 Å². The van der Waals surface area contributed by atoms with Gasteiger partial charge in [-0.15, -0.1) is 5.06 Å². The highest BCUT2D eigenvalue weighted by atomic mass is 16.7. The molecule has 0 radical (unpaired) electrons. The van der Waals surface area contributed by atoms with Crippen molar-refractivity contribution in [2.45, 2.75) is 143 Å². The van der Waals surface area contributed by atoms with E-state index in [1.807, 2.05) is 26.8 Å². The fourth-order valence-corrected chi connectivity index (χ4v) is 5.37. The third kappa shape index (κ3) is 7.42. The molecule has 3 heterocycles. The van der Waals surface area contributed by atoms with Crippen molar-refractivity contribution in [2.24, 2.45) is 0 Å². The van der Waals surface area contributed by atoms with E-state index < -0.39 is 34.2 Å². The zero-order valence-corrected chi connectivity index (χ0v) is 28.4. The summed E-state index contributed by atoms with van der Waals surface area (Å²) in [7, 11) is 0. The summed E-state index contributed by atoms with van der Waals surface area (Å²) in [6, 6.07) is 4.06. The zero-order valence-electron chi connectivity index (χ0n) is 28.4. The lowest BCUT2D eigenvalue weighted by Gasteiger charge is -2.42. The van der Waals surface area contributed by atoms with E-state index in [1.165, 1.54) is 0 Å². The average molecular weight is 598 g/mol. The van der Waals surface area contributed by atoms with Crippen LogP contribution in [0, 0.1) is 0 Å². The minimum atomic E-state index is -0.671. The number of carbonyl (C=O) groups excluding carboxylic acids is 4. The predicted octanol–water partition coefficient (Wildman–Crippen LogP) is 6.23. The first-order valence-electron chi connectivity index (χ1n) is 15.1. The Hall–Kier alpha value is -3.36. The first-order valence-corrected chi connectivity index (χ1v) is 15.1. The van der Waals surface area contributed by atoms with E-state index in [2.05, 4.69) is 85.3 Å². The number of aromatic nitrogens is 2. The number of esters is 1. The van der Waals surface area contributed by atoms with E-state index in [9.17, 15) is 19.2 Å². The Bertz CT molecular complexity index is 1390. The number of nitrogens with one attached hydrogen (secondary N) is 2. The Kier molecular flexibility index (Phi) is 8.96. The predicted molar refractivity (Wildman–Crippen MR) is 165 cm³/mol. The first kappa shape index (κ1) is 34.1. The molecule has 1 aliphatic heterocycles. The SMILES string of the molecule is CC(C)(C)OC(=O)Cc1cc(C(C)(C)C)[nH]c1C(C)(C)C(C)(C)c1cc(CC(=O)ON2C(=O)CCC2=O)c(C(C)(C)C)[nH]1. The van der Waals surface area contributed by atoms with Gasteiger partial charge in [0, 0.05) is 57.3 Å². The summed E-state index contributed by atoms with van der Waals surface area (Å²) in [6.45, 7) is 26.8. The summed E-state index contributed by atoms with van der Waals surface area (Å²) < 4.78 is 5.68. The summed E-state index contributed by atoms with van der Waals surface area (Å²) in [5, 5.41) is 0.587. The molecule has 0 atom stereocenters. The van der Waals surface area contributed by atoms with Crippen LogP contribution in [-0.4, -0.2) is 44.4 Å². The van der Waals surface area contributed by atoms with Gasteiger partial charge in [0.25, 0.3) is 11.8 Å². The van der Waals surface area contributed by atoms with E-state index in [0.29, 0.717) is 5.06 Å². The molecule has 2 amide bonds. The van der Waals surface area contributed by atoms with Crippen molar-refractivity contribution in [1.29, 1.82) is 0 Å². The van der Waals surface area contributed by atoms with Gasteiger partial charge in [-0.3, -0.25) is 14.4 Å². The van der Waals surface area contributed by atoms with Gasteiger partial charge in [-0.1, -0.05) is 69.2 Å². The van der Waals surface area contributed by atoms with E-state index >= 15 is 0 Å². The smallest absolute Gasteiger partial charge is 0.337 e. The Morgan fingerprint density at radius 1 is 0.674 bits per heavy atom. The fourth-order valence-electron chi connectivity index (χ4n) is 5.37. The number of amides is 2. The van der Waals surface area contributed by atoms with Crippen LogP contribution in [-0.2, 0) is 63.3 Å². The van der Waals surface area contributed by atoms with Gasteiger partial charge in [-0.25, -0.2) is 4.79 Å². The lowest BCUT2D eigenvalue weighted by molar-refractivity contribution is -0.197. The molecule has 9 heteroatoms. The molecule has 2 N–H and O–H groups in total. The molecule has 0 unspecified atom stereocenters. The molecule has 1 saturated heterocycles. The minimum absolute atomic E-state index is 0.0442. The molecule has 0 bridgehead atoms. The molecule has 2 aromatic rings. The number of ether oxygens (including phenoxy) is 1. The lowest BCUT2D eigenvalue weighted by atomic mass is 9.63. The third-order valence-corrected chi connectivity index (χ3v) is 8.51. The number of hydrogen-bond acceptors (Lipinski definition) is 6. The van der Waals surface area contributed by atoms with E-state index in [-0.39, 0.29) is 42.5 Å². The molecule has 0 spiro atoms. The molecular weight excluding hydrogens is 546 g/mol. The molecule has 0 saturated carbocycles. The Labute approximate surface area is 256 Å². The number of carbonyl (C=O) groups is 4. The van der Waals surface area contributed by atoms with Crippen LogP contribution in [0.5, 0.6) is 0 Å². The zero-order chi connectivity index (χ0) is 32.9. The second-order valence-electron chi connectivity index (χ2n) is 15.9. The summed E-state index contributed by atoms with van der Waals surface area (Å²) in [4.78, 5) is 62.4. The quantitative estimate of drug-likeness (QED) is 0.275. The molecule has 238 valence electrons. The van der Waals surface area contributed by atoms with Gasteiger partial charge in [0.1, 0.15) is 5.60 Å². The molecule has 0 aromatic carbocycles. The highest BCUT2D eigenvalue weighted by molar-refractivity contribution is 6.01. The van der Waals surface area contributed by atoms with Crippen LogP contribution in [0.15, 0.2) is 12.1 Å². The van der Waals surface area contributed by atoms with Crippen LogP contribution in [0.4, 0.5) is 0 Å². The average Bonchev–Trinajstić information content (AvgIpc) is 3.51. The van der Waals surface area contributed by atoms with Crippen molar-refractivity contribution >= 4 is 23.8 Å². The van der Waals surface area contributed by atoms with Crippen LogP contribution in [0.25, 0.3) is 0 Å². The second-order valence-corrected chi connectivity index (χ2v) is 15.9. The molecule has 0 aliphatic carbocycles. The van der Waals surface area contributed by atoms with Gasteiger partial charge >= 0.3 is 11.9 Å². The van der Waals surface area contributed by atoms with Gasteiger partial charge in [0.05, 0.1) is 12.8 Å². The van der Waals surface area contributed by atoms with Crippen LogP contribution in [0.2, 0.25) is 0 Å². The van der Waals surface area contributed by atoms with E-state index in [4.69, 9.17) is 9.57 Å². The molecule has 3 rings (SSSR count). The monoisotopic (exact) mass is 597 g/mol. The maximum Gasteiger partial charge on any atom is 0.337 e. The number of rotatable bonds is 8. The van der Waals surface area contributed by atoms with Crippen molar-refractivity contribution in [3.63, 3.8) is 0 Å². The highest BCUT2D eigenvalue weighted by Crippen LogP contribution is 2.46. The summed E-state index contributed by atoms with van der Waals surface area (Å²) in [5.41, 5.74) is 3.28. The third-order valence-electron chi connectivity index (χ3n) is 8.51. The van der Waals surface area contributed by atoms with Crippen molar-refractivity contribution in [3.05, 3.63) is 46.0 Å². The molecule has 1 fully saturated rings. The van der Waals surface area contributed by atoms with Crippen LogP contribution in [0.3, 0.4) is 0 Å².